The molecule has 0 spiro atoms. The summed E-state index contributed by atoms with van der Waals surface area (Å²) in [6, 6.07) is -0.767. The Morgan fingerprint density at radius 2 is 2.20 bits per heavy atom. The monoisotopic (exact) mass is 283 g/mol. The Bertz CT molecular complexity index is 499. The topological polar surface area (TPSA) is 139 Å². The Morgan fingerprint density at radius 3 is 2.75 bits per heavy atom. The number of nitrogens with zero attached hydrogens (tertiary/aromatic N) is 2. The van der Waals surface area contributed by atoms with Crippen LogP contribution in [0.4, 0.5) is 4.79 Å². The van der Waals surface area contributed by atoms with Gasteiger partial charge in [0.1, 0.15) is 0 Å². The lowest BCUT2D eigenvalue weighted by Gasteiger charge is -2.13. The molecular formula is C11H17N5O4. The highest BCUT2D eigenvalue weighted by atomic mass is 16.4. The van der Waals surface area contributed by atoms with E-state index in [4.69, 9.17) is 10.8 Å². The molecule has 0 saturated carbocycles. The van der Waals surface area contributed by atoms with E-state index in [9.17, 15) is 14.4 Å². The summed E-state index contributed by atoms with van der Waals surface area (Å²) in [7, 11) is 0. The second kappa shape index (κ2) is 7.12. The van der Waals surface area contributed by atoms with Crippen molar-refractivity contribution >= 4 is 17.9 Å². The van der Waals surface area contributed by atoms with Crippen LogP contribution in [0.3, 0.4) is 0 Å². The first-order valence-electron chi connectivity index (χ1n) is 5.96. The lowest BCUT2D eigenvalue weighted by molar-refractivity contribution is -0.118. The van der Waals surface area contributed by atoms with Crippen molar-refractivity contribution in [3.05, 3.63) is 18.2 Å². The van der Waals surface area contributed by atoms with Crippen molar-refractivity contribution in [2.24, 2.45) is 5.73 Å². The van der Waals surface area contributed by atoms with Crippen LogP contribution in [0.25, 0.3) is 0 Å². The number of rotatable bonds is 7. The van der Waals surface area contributed by atoms with E-state index in [1.807, 2.05) is 0 Å². The minimum Gasteiger partial charge on any atom is -0.476 e. The number of primary amides is 1. The molecular weight excluding hydrogens is 266 g/mol. The lowest BCUT2D eigenvalue weighted by Crippen LogP contribution is -2.43. The van der Waals surface area contributed by atoms with E-state index in [1.165, 1.54) is 12.5 Å². The summed E-state index contributed by atoms with van der Waals surface area (Å²) in [5, 5.41) is 13.8. The summed E-state index contributed by atoms with van der Waals surface area (Å²) in [6.07, 6.45) is 2.81. The predicted molar refractivity (Wildman–Crippen MR) is 69.0 cm³/mol. The minimum absolute atomic E-state index is 0.0514. The van der Waals surface area contributed by atoms with Gasteiger partial charge in [0, 0.05) is 31.7 Å². The van der Waals surface area contributed by atoms with Crippen molar-refractivity contribution in [3.8, 4) is 0 Å². The number of nitrogens with one attached hydrogen (secondary N) is 2. The number of hydrogen-bond acceptors (Lipinski definition) is 4. The molecule has 20 heavy (non-hydrogen) atoms. The number of carbonyl (C=O) groups excluding carboxylic acids is 2. The first-order valence-corrected chi connectivity index (χ1v) is 5.96. The fourth-order valence-corrected chi connectivity index (χ4v) is 1.52. The van der Waals surface area contributed by atoms with Gasteiger partial charge >= 0.3 is 12.0 Å². The molecule has 0 saturated heterocycles. The molecule has 0 aliphatic heterocycles. The Balaban J connectivity index is 2.27. The number of carbonyl (C=O) groups is 3. The van der Waals surface area contributed by atoms with Crippen molar-refractivity contribution in [2.75, 3.05) is 6.54 Å². The van der Waals surface area contributed by atoms with Crippen LogP contribution in [0.15, 0.2) is 12.5 Å². The van der Waals surface area contributed by atoms with Gasteiger partial charge in [-0.05, 0) is 6.92 Å². The number of carboxylic acid groups (broad SMARTS) is 1. The maximum Gasteiger partial charge on any atom is 0.356 e. The molecule has 0 bridgehead atoms. The van der Waals surface area contributed by atoms with Crippen LogP contribution in [0, 0.1) is 0 Å². The van der Waals surface area contributed by atoms with Crippen molar-refractivity contribution in [1.82, 2.24) is 20.2 Å². The Hall–Kier alpha value is -2.58. The molecule has 9 nitrogen and oxygen atoms in total. The molecule has 1 heterocycles. The number of imidazole rings is 1. The minimum atomic E-state index is -1.10. The Labute approximate surface area is 115 Å². The van der Waals surface area contributed by atoms with Crippen LogP contribution in [-0.4, -0.2) is 45.2 Å². The van der Waals surface area contributed by atoms with Crippen LogP contribution < -0.4 is 16.4 Å². The van der Waals surface area contributed by atoms with Gasteiger partial charge in [-0.1, -0.05) is 0 Å². The highest BCUT2D eigenvalue weighted by molar-refractivity contribution is 5.84. The van der Waals surface area contributed by atoms with Crippen LogP contribution in [0.5, 0.6) is 0 Å². The zero-order valence-corrected chi connectivity index (χ0v) is 11.0. The van der Waals surface area contributed by atoms with Gasteiger partial charge in [-0.2, -0.15) is 0 Å². The third-order valence-electron chi connectivity index (χ3n) is 2.39. The van der Waals surface area contributed by atoms with Crippen LogP contribution in [0.2, 0.25) is 0 Å². The highest BCUT2D eigenvalue weighted by Gasteiger charge is 2.09. The van der Waals surface area contributed by atoms with E-state index < -0.39 is 17.9 Å². The largest absolute Gasteiger partial charge is 0.476 e. The molecule has 0 aliphatic carbocycles. The van der Waals surface area contributed by atoms with Crippen LogP contribution in [-0.2, 0) is 11.3 Å². The van der Waals surface area contributed by atoms with E-state index in [2.05, 4.69) is 15.6 Å². The molecule has 9 heteroatoms. The molecule has 110 valence electrons. The van der Waals surface area contributed by atoms with E-state index >= 15 is 0 Å². The summed E-state index contributed by atoms with van der Waals surface area (Å²) >= 11 is 0. The van der Waals surface area contributed by atoms with Crippen molar-refractivity contribution in [1.29, 1.82) is 0 Å². The third kappa shape index (κ3) is 5.38. The maximum atomic E-state index is 11.4. The summed E-state index contributed by atoms with van der Waals surface area (Å²) in [6.45, 7) is 2.35. The molecule has 0 radical (unpaired) electrons. The third-order valence-corrected chi connectivity index (χ3v) is 2.39. The Kier molecular flexibility index (Phi) is 5.51. The summed E-state index contributed by atoms with van der Waals surface area (Å²) in [4.78, 5) is 36.4. The molecule has 1 aromatic heterocycles. The molecule has 1 unspecified atom stereocenters. The highest BCUT2D eigenvalue weighted by Crippen LogP contribution is 1.95. The molecule has 0 aliphatic rings. The molecule has 1 atom stereocenters. The van der Waals surface area contributed by atoms with Gasteiger partial charge in [0.2, 0.25) is 5.91 Å². The predicted octanol–water partition coefficient (Wildman–Crippen LogP) is -0.856. The summed E-state index contributed by atoms with van der Waals surface area (Å²) < 4.78 is 1.55. The Morgan fingerprint density at radius 1 is 1.50 bits per heavy atom. The number of aromatic nitrogens is 2. The molecule has 0 aromatic carbocycles. The number of aromatic carboxylic acids is 1. The molecule has 1 aromatic rings. The second-order valence-electron chi connectivity index (χ2n) is 4.27. The summed E-state index contributed by atoms with van der Waals surface area (Å²) in [5.74, 6) is -1.59. The smallest absolute Gasteiger partial charge is 0.356 e. The molecule has 1 rings (SSSR count). The molecule has 5 N–H and O–H groups in total. The van der Waals surface area contributed by atoms with E-state index in [0.717, 1.165) is 0 Å². The average molecular weight is 283 g/mol. The number of carboxylic acids is 1. The zero-order valence-electron chi connectivity index (χ0n) is 11.0. The number of hydrogen-bond donors (Lipinski definition) is 4. The van der Waals surface area contributed by atoms with Crippen LogP contribution >= 0.6 is 0 Å². The zero-order chi connectivity index (χ0) is 15.1. The number of nitrogens with two attached hydrogens (primary N) is 1. The maximum absolute atomic E-state index is 11.4. The van der Waals surface area contributed by atoms with Crippen molar-refractivity contribution in [3.63, 3.8) is 0 Å². The SMILES string of the molecule is CC(CC(N)=O)NC(=O)NCCn1cnc(C(=O)O)c1. The first-order chi connectivity index (χ1) is 9.38. The van der Waals surface area contributed by atoms with Gasteiger partial charge < -0.3 is 26.0 Å². The normalized spacial score (nSPS) is 11.7. The van der Waals surface area contributed by atoms with Gasteiger partial charge in [-0.15, -0.1) is 0 Å². The van der Waals surface area contributed by atoms with Gasteiger partial charge in [-0.25, -0.2) is 14.6 Å². The molecule has 0 fully saturated rings. The molecule has 3 amide bonds. The quantitative estimate of drug-likeness (QED) is 0.516. The fourth-order valence-electron chi connectivity index (χ4n) is 1.52. The fraction of sp³-hybridized carbons (Fsp3) is 0.455. The van der Waals surface area contributed by atoms with Crippen molar-refractivity contribution < 1.29 is 19.5 Å². The van der Waals surface area contributed by atoms with Gasteiger partial charge in [0.05, 0.1) is 6.33 Å². The van der Waals surface area contributed by atoms with Crippen LogP contribution in [0.1, 0.15) is 23.8 Å². The van der Waals surface area contributed by atoms with E-state index in [0.29, 0.717) is 13.1 Å². The average Bonchev–Trinajstić information content (AvgIpc) is 2.76. The standard InChI is InChI=1S/C11H17N5O4/c1-7(4-9(12)17)15-11(20)13-2-3-16-5-8(10(18)19)14-6-16/h5-7H,2-4H2,1H3,(H2,12,17)(H,18,19)(H2,13,15,20). The van der Waals surface area contributed by atoms with Crippen molar-refractivity contribution in [2.45, 2.75) is 25.9 Å². The number of urea groups is 1. The number of amides is 3. The van der Waals surface area contributed by atoms with Gasteiger partial charge in [0.25, 0.3) is 0 Å². The summed E-state index contributed by atoms with van der Waals surface area (Å²) in [5.41, 5.74) is 4.95. The first kappa shape index (κ1) is 15.5. The lowest BCUT2D eigenvalue weighted by atomic mass is 10.2. The van der Waals surface area contributed by atoms with E-state index in [1.54, 1.807) is 11.5 Å². The second-order valence-corrected chi connectivity index (χ2v) is 4.27. The van der Waals surface area contributed by atoms with Gasteiger partial charge in [-0.3, -0.25) is 4.79 Å². The van der Waals surface area contributed by atoms with E-state index in [-0.39, 0.29) is 18.2 Å². The van der Waals surface area contributed by atoms with Gasteiger partial charge in [0.15, 0.2) is 5.69 Å².